The van der Waals surface area contributed by atoms with Crippen LogP contribution in [0.2, 0.25) is 0 Å². The number of hydrogen-bond donors (Lipinski definition) is 2. The molecule has 0 saturated carbocycles. The van der Waals surface area contributed by atoms with E-state index in [2.05, 4.69) is 10.2 Å². The third-order valence-corrected chi connectivity index (χ3v) is 5.31. The van der Waals surface area contributed by atoms with Crippen molar-refractivity contribution < 1.29 is 14.4 Å². The predicted octanol–water partition coefficient (Wildman–Crippen LogP) is -0.0194. The highest BCUT2D eigenvalue weighted by atomic mass is 16.2. The number of fused-ring (bicyclic) bond motifs is 1. The molecule has 0 spiro atoms. The van der Waals surface area contributed by atoms with Crippen LogP contribution in [0.5, 0.6) is 0 Å². The number of hydrogen-bond acceptors (Lipinski definition) is 5. The van der Waals surface area contributed by atoms with E-state index in [1.807, 2.05) is 18.2 Å². The Kier molecular flexibility index (Phi) is 4.05. The van der Waals surface area contributed by atoms with Crippen molar-refractivity contribution in [2.75, 3.05) is 13.1 Å². The van der Waals surface area contributed by atoms with Gasteiger partial charge in [0.25, 0.3) is 5.91 Å². The molecule has 3 amide bonds. The van der Waals surface area contributed by atoms with E-state index in [-0.39, 0.29) is 30.2 Å². The van der Waals surface area contributed by atoms with Gasteiger partial charge >= 0.3 is 0 Å². The molecule has 1 aromatic rings. The van der Waals surface area contributed by atoms with E-state index >= 15 is 0 Å². The number of amides is 3. The van der Waals surface area contributed by atoms with Gasteiger partial charge in [0, 0.05) is 44.2 Å². The average Bonchev–Trinajstić information content (AvgIpc) is 3.12. The van der Waals surface area contributed by atoms with Gasteiger partial charge in [-0.2, -0.15) is 0 Å². The maximum Gasteiger partial charge on any atom is 0.255 e. The molecule has 7 heteroatoms. The number of nitrogens with one attached hydrogen (secondary N) is 1. The van der Waals surface area contributed by atoms with E-state index in [1.165, 1.54) is 0 Å². The fraction of sp³-hybridized carbons (Fsp3) is 0.500. The highest BCUT2D eigenvalue weighted by Gasteiger charge is 2.39. The largest absolute Gasteiger partial charge is 0.326 e. The Morgan fingerprint density at radius 1 is 1.20 bits per heavy atom. The van der Waals surface area contributed by atoms with E-state index in [4.69, 9.17) is 5.73 Å². The zero-order valence-electron chi connectivity index (χ0n) is 14.0. The molecule has 25 heavy (non-hydrogen) atoms. The normalized spacial score (nSPS) is 26.9. The standard InChI is InChI=1S/C18H22N4O3/c19-13-5-6-21(10-13)8-11-1-2-12-9-22(18(25)14(12)7-11)15-3-4-16(23)20-17(15)24/h1-2,7,13,15H,3-6,8-10,19H2,(H,20,23,24). The number of likely N-dealkylation sites (tertiary alicyclic amines) is 1. The van der Waals surface area contributed by atoms with Crippen LogP contribution < -0.4 is 11.1 Å². The summed E-state index contributed by atoms with van der Waals surface area (Å²) in [7, 11) is 0. The van der Waals surface area contributed by atoms with Crippen molar-refractivity contribution in [1.82, 2.24) is 15.1 Å². The second kappa shape index (κ2) is 6.24. The topological polar surface area (TPSA) is 95.7 Å². The summed E-state index contributed by atoms with van der Waals surface area (Å²) in [4.78, 5) is 40.1. The zero-order chi connectivity index (χ0) is 17.6. The molecule has 0 radical (unpaired) electrons. The second-order valence-corrected chi connectivity index (χ2v) is 7.18. The molecule has 0 aromatic heterocycles. The summed E-state index contributed by atoms with van der Waals surface area (Å²) >= 11 is 0. The van der Waals surface area contributed by atoms with E-state index in [0.717, 1.165) is 37.2 Å². The summed E-state index contributed by atoms with van der Waals surface area (Å²) in [5, 5.41) is 2.33. The van der Waals surface area contributed by atoms with Crippen LogP contribution in [0, 0.1) is 0 Å². The molecular weight excluding hydrogens is 320 g/mol. The molecule has 3 N–H and O–H groups in total. The maximum absolute atomic E-state index is 12.8. The highest BCUT2D eigenvalue weighted by Crippen LogP contribution is 2.28. The Morgan fingerprint density at radius 3 is 2.76 bits per heavy atom. The lowest BCUT2D eigenvalue weighted by Gasteiger charge is -2.29. The molecular formula is C18H22N4O3. The Balaban J connectivity index is 1.50. The van der Waals surface area contributed by atoms with Crippen molar-refractivity contribution in [1.29, 1.82) is 0 Å². The van der Waals surface area contributed by atoms with Crippen LogP contribution in [0.4, 0.5) is 0 Å². The molecule has 2 fully saturated rings. The van der Waals surface area contributed by atoms with Crippen molar-refractivity contribution in [2.24, 2.45) is 5.73 Å². The smallest absolute Gasteiger partial charge is 0.255 e. The van der Waals surface area contributed by atoms with Gasteiger partial charge in [0.1, 0.15) is 6.04 Å². The van der Waals surface area contributed by atoms with Crippen LogP contribution >= 0.6 is 0 Å². The van der Waals surface area contributed by atoms with Gasteiger partial charge in [-0.05, 0) is 30.0 Å². The summed E-state index contributed by atoms with van der Waals surface area (Å²) in [6.45, 7) is 3.07. The summed E-state index contributed by atoms with van der Waals surface area (Å²) in [5.74, 6) is -0.760. The Bertz CT molecular complexity index is 748. The number of carbonyl (C=O) groups excluding carboxylic acids is 3. The van der Waals surface area contributed by atoms with Crippen LogP contribution in [0.25, 0.3) is 0 Å². The number of rotatable bonds is 3. The van der Waals surface area contributed by atoms with Gasteiger partial charge in [-0.25, -0.2) is 0 Å². The summed E-state index contributed by atoms with van der Waals surface area (Å²) in [5.41, 5.74) is 8.65. The molecule has 2 unspecified atom stereocenters. The molecule has 3 aliphatic rings. The molecule has 3 aliphatic heterocycles. The number of imide groups is 1. The van der Waals surface area contributed by atoms with E-state index in [9.17, 15) is 14.4 Å². The first-order valence-electron chi connectivity index (χ1n) is 8.75. The number of carbonyl (C=O) groups is 3. The second-order valence-electron chi connectivity index (χ2n) is 7.18. The van der Waals surface area contributed by atoms with Crippen molar-refractivity contribution in [3.8, 4) is 0 Å². The Labute approximate surface area is 146 Å². The van der Waals surface area contributed by atoms with E-state index < -0.39 is 6.04 Å². The Morgan fingerprint density at radius 2 is 2.04 bits per heavy atom. The number of nitrogens with zero attached hydrogens (tertiary/aromatic N) is 2. The van der Waals surface area contributed by atoms with Crippen LogP contribution in [0.1, 0.15) is 40.7 Å². The van der Waals surface area contributed by atoms with Crippen LogP contribution in [0.3, 0.4) is 0 Å². The number of nitrogens with two attached hydrogens (primary N) is 1. The van der Waals surface area contributed by atoms with Crippen LogP contribution in [0.15, 0.2) is 18.2 Å². The maximum atomic E-state index is 12.8. The van der Waals surface area contributed by atoms with Crippen molar-refractivity contribution in [3.63, 3.8) is 0 Å². The lowest BCUT2D eigenvalue weighted by atomic mass is 10.0. The van der Waals surface area contributed by atoms with Gasteiger partial charge in [-0.1, -0.05) is 12.1 Å². The first-order chi connectivity index (χ1) is 12.0. The van der Waals surface area contributed by atoms with Gasteiger partial charge in [0.15, 0.2) is 0 Å². The van der Waals surface area contributed by atoms with Gasteiger partial charge in [0.05, 0.1) is 0 Å². The minimum Gasteiger partial charge on any atom is -0.326 e. The van der Waals surface area contributed by atoms with E-state index in [0.29, 0.717) is 18.5 Å². The average molecular weight is 342 g/mol. The molecule has 132 valence electrons. The molecule has 7 nitrogen and oxygen atoms in total. The highest BCUT2D eigenvalue weighted by molar-refractivity contribution is 6.05. The molecule has 1 aromatic carbocycles. The van der Waals surface area contributed by atoms with E-state index in [1.54, 1.807) is 4.90 Å². The summed E-state index contributed by atoms with van der Waals surface area (Å²) in [6, 6.07) is 5.64. The minimum atomic E-state index is -0.558. The summed E-state index contributed by atoms with van der Waals surface area (Å²) < 4.78 is 0. The molecule has 3 heterocycles. The van der Waals surface area contributed by atoms with Crippen molar-refractivity contribution in [2.45, 2.75) is 44.4 Å². The molecule has 2 atom stereocenters. The predicted molar refractivity (Wildman–Crippen MR) is 90.4 cm³/mol. The molecule has 2 saturated heterocycles. The molecule has 4 rings (SSSR count). The van der Waals surface area contributed by atoms with Crippen LogP contribution in [-0.2, 0) is 22.7 Å². The minimum absolute atomic E-state index is 0.121. The number of piperidine rings is 1. The quantitative estimate of drug-likeness (QED) is 0.753. The van der Waals surface area contributed by atoms with Gasteiger partial charge in [0.2, 0.25) is 11.8 Å². The lowest BCUT2D eigenvalue weighted by molar-refractivity contribution is -0.136. The van der Waals surface area contributed by atoms with Crippen molar-refractivity contribution in [3.05, 3.63) is 34.9 Å². The van der Waals surface area contributed by atoms with Gasteiger partial charge < -0.3 is 10.6 Å². The monoisotopic (exact) mass is 342 g/mol. The third kappa shape index (κ3) is 3.05. The fourth-order valence-electron chi connectivity index (χ4n) is 3.96. The van der Waals surface area contributed by atoms with Gasteiger partial charge in [-0.15, -0.1) is 0 Å². The SMILES string of the molecule is NC1CCN(Cc2ccc3c(c2)C(=O)N(C2CCC(=O)NC2=O)C3)C1. The lowest BCUT2D eigenvalue weighted by Crippen LogP contribution is -2.52. The number of benzene rings is 1. The van der Waals surface area contributed by atoms with Gasteiger partial charge in [-0.3, -0.25) is 24.6 Å². The first kappa shape index (κ1) is 16.2. The molecule has 0 aliphatic carbocycles. The fourth-order valence-corrected chi connectivity index (χ4v) is 3.96. The first-order valence-corrected chi connectivity index (χ1v) is 8.75. The third-order valence-electron chi connectivity index (χ3n) is 5.31. The van der Waals surface area contributed by atoms with Crippen molar-refractivity contribution >= 4 is 17.7 Å². The zero-order valence-corrected chi connectivity index (χ0v) is 14.0. The summed E-state index contributed by atoms with van der Waals surface area (Å²) in [6.07, 6.45) is 1.67. The Hall–Kier alpha value is -2.25. The van der Waals surface area contributed by atoms with Crippen LogP contribution in [-0.4, -0.2) is 52.7 Å². The molecule has 0 bridgehead atoms.